The van der Waals surface area contributed by atoms with Crippen molar-refractivity contribution in [2.24, 2.45) is 11.8 Å². The molecule has 1 fully saturated rings. The minimum atomic E-state index is 0.302. The van der Waals surface area contributed by atoms with Gasteiger partial charge >= 0.3 is 0 Å². The van der Waals surface area contributed by atoms with Gasteiger partial charge < -0.3 is 10.0 Å². The van der Waals surface area contributed by atoms with Crippen LogP contribution in [0.1, 0.15) is 45.2 Å². The van der Waals surface area contributed by atoms with Crippen molar-refractivity contribution in [3.8, 4) is 11.3 Å². The predicted octanol–water partition coefficient (Wildman–Crippen LogP) is 3.05. The SMILES string of the molecule is CC(C)Cc1cc(-c2cnc(N3CCC(CCCO)CC3)nc2)n[nH]1. The van der Waals surface area contributed by atoms with Gasteiger partial charge in [-0.25, -0.2) is 9.97 Å². The molecule has 1 aliphatic rings. The molecule has 6 nitrogen and oxygen atoms in total. The molecule has 3 rings (SSSR count). The second-order valence-corrected chi connectivity index (χ2v) is 7.44. The van der Waals surface area contributed by atoms with E-state index >= 15 is 0 Å². The lowest BCUT2D eigenvalue weighted by Crippen LogP contribution is -2.34. The van der Waals surface area contributed by atoms with E-state index in [1.807, 2.05) is 12.4 Å². The Bertz CT molecular complexity index is 644. The lowest BCUT2D eigenvalue weighted by Gasteiger charge is -2.31. The summed E-state index contributed by atoms with van der Waals surface area (Å²) in [6, 6.07) is 2.09. The van der Waals surface area contributed by atoms with Crippen molar-refractivity contribution in [2.45, 2.75) is 46.0 Å². The second kappa shape index (κ2) is 8.43. The maximum Gasteiger partial charge on any atom is 0.225 e. The normalized spacial score (nSPS) is 15.9. The largest absolute Gasteiger partial charge is 0.396 e. The number of aromatic nitrogens is 4. The van der Waals surface area contributed by atoms with Crippen molar-refractivity contribution in [1.82, 2.24) is 20.2 Å². The van der Waals surface area contributed by atoms with Crippen LogP contribution in [0.2, 0.25) is 0 Å². The van der Waals surface area contributed by atoms with Crippen molar-refractivity contribution < 1.29 is 5.11 Å². The first-order valence-electron chi connectivity index (χ1n) is 9.38. The molecule has 0 aliphatic carbocycles. The van der Waals surface area contributed by atoms with Crippen LogP contribution in [0.4, 0.5) is 5.95 Å². The summed E-state index contributed by atoms with van der Waals surface area (Å²) in [5.41, 5.74) is 3.01. The number of hydrogen-bond donors (Lipinski definition) is 2. The molecule has 2 N–H and O–H groups in total. The first-order chi connectivity index (χ1) is 12.2. The number of H-pyrrole nitrogens is 1. The van der Waals surface area contributed by atoms with Crippen molar-refractivity contribution in [3.63, 3.8) is 0 Å². The van der Waals surface area contributed by atoms with E-state index in [-0.39, 0.29) is 0 Å². The fourth-order valence-corrected chi connectivity index (χ4v) is 3.47. The third-order valence-electron chi connectivity index (χ3n) is 4.86. The average Bonchev–Trinajstić information content (AvgIpc) is 3.08. The van der Waals surface area contributed by atoms with E-state index in [9.17, 15) is 0 Å². The summed E-state index contributed by atoms with van der Waals surface area (Å²) in [5, 5.41) is 16.4. The molecule has 136 valence electrons. The molecule has 0 bridgehead atoms. The predicted molar refractivity (Wildman–Crippen MR) is 99.4 cm³/mol. The van der Waals surface area contributed by atoms with E-state index in [0.29, 0.717) is 12.5 Å². The standard InChI is InChI=1S/C19H29N5O/c1-14(2)10-17-11-18(23-22-17)16-12-20-19(21-13-16)24-7-5-15(6-8-24)4-3-9-25/h11-15,25H,3-10H2,1-2H3,(H,22,23). The molecule has 25 heavy (non-hydrogen) atoms. The van der Waals surface area contributed by atoms with E-state index in [1.54, 1.807) is 0 Å². The number of rotatable bonds is 7. The Morgan fingerprint density at radius 2 is 1.96 bits per heavy atom. The average molecular weight is 343 g/mol. The summed E-state index contributed by atoms with van der Waals surface area (Å²) in [7, 11) is 0. The van der Waals surface area contributed by atoms with Gasteiger partial charge in [-0.1, -0.05) is 13.8 Å². The summed E-state index contributed by atoms with van der Waals surface area (Å²) in [4.78, 5) is 11.4. The van der Waals surface area contributed by atoms with Crippen LogP contribution < -0.4 is 4.90 Å². The zero-order valence-electron chi connectivity index (χ0n) is 15.3. The van der Waals surface area contributed by atoms with Gasteiger partial charge in [0.1, 0.15) is 0 Å². The summed E-state index contributed by atoms with van der Waals surface area (Å²) in [6.07, 6.45) is 9.09. The Labute approximate surface area is 149 Å². The van der Waals surface area contributed by atoms with Crippen LogP contribution in [0.25, 0.3) is 11.3 Å². The van der Waals surface area contributed by atoms with Crippen LogP contribution in [0.3, 0.4) is 0 Å². The molecule has 1 aliphatic heterocycles. The van der Waals surface area contributed by atoms with Crippen LogP contribution in [-0.4, -0.2) is 45.0 Å². The maximum atomic E-state index is 8.95. The Morgan fingerprint density at radius 1 is 1.24 bits per heavy atom. The number of nitrogens with one attached hydrogen (secondary N) is 1. The molecular weight excluding hydrogens is 314 g/mol. The fraction of sp³-hybridized carbons (Fsp3) is 0.632. The van der Waals surface area contributed by atoms with Crippen LogP contribution in [0.5, 0.6) is 0 Å². The molecule has 0 radical (unpaired) electrons. The van der Waals surface area contributed by atoms with E-state index in [0.717, 1.165) is 74.0 Å². The topological polar surface area (TPSA) is 77.9 Å². The van der Waals surface area contributed by atoms with E-state index < -0.39 is 0 Å². The quantitative estimate of drug-likeness (QED) is 0.808. The summed E-state index contributed by atoms with van der Waals surface area (Å²) in [6.45, 7) is 6.69. The third-order valence-corrected chi connectivity index (χ3v) is 4.86. The number of aromatic amines is 1. The number of aliphatic hydroxyl groups excluding tert-OH is 1. The van der Waals surface area contributed by atoms with Gasteiger partial charge in [-0.3, -0.25) is 5.10 Å². The number of anilines is 1. The maximum absolute atomic E-state index is 8.95. The minimum Gasteiger partial charge on any atom is -0.396 e. The van der Waals surface area contributed by atoms with Crippen molar-refractivity contribution in [3.05, 3.63) is 24.2 Å². The van der Waals surface area contributed by atoms with Crippen molar-refractivity contribution >= 4 is 5.95 Å². The first kappa shape index (κ1) is 17.9. The highest BCUT2D eigenvalue weighted by atomic mass is 16.2. The number of nitrogens with zero attached hydrogens (tertiary/aromatic N) is 4. The van der Waals surface area contributed by atoms with Gasteiger partial charge in [-0.05, 0) is 50.0 Å². The molecule has 0 saturated carbocycles. The van der Waals surface area contributed by atoms with Crippen LogP contribution in [-0.2, 0) is 6.42 Å². The molecule has 0 amide bonds. The zero-order valence-corrected chi connectivity index (χ0v) is 15.3. The Morgan fingerprint density at radius 3 is 2.60 bits per heavy atom. The Balaban J connectivity index is 1.58. The van der Waals surface area contributed by atoms with Crippen LogP contribution >= 0.6 is 0 Å². The number of hydrogen-bond acceptors (Lipinski definition) is 5. The Hall–Kier alpha value is -1.95. The monoisotopic (exact) mass is 343 g/mol. The summed E-state index contributed by atoms with van der Waals surface area (Å²) < 4.78 is 0. The van der Waals surface area contributed by atoms with Gasteiger partial charge in [-0.15, -0.1) is 0 Å². The molecule has 0 aromatic carbocycles. The first-order valence-corrected chi connectivity index (χ1v) is 9.38. The summed E-state index contributed by atoms with van der Waals surface area (Å²) in [5.74, 6) is 2.14. The van der Waals surface area contributed by atoms with Crippen LogP contribution in [0.15, 0.2) is 18.5 Å². The lowest BCUT2D eigenvalue weighted by atomic mass is 9.92. The van der Waals surface area contributed by atoms with E-state index in [1.165, 1.54) is 0 Å². The third kappa shape index (κ3) is 4.78. The summed E-state index contributed by atoms with van der Waals surface area (Å²) >= 11 is 0. The van der Waals surface area contributed by atoms with Gasteiger partial charge in [0.25, 0.3) is 0 Å². The van der Waals surface area contributed by atoms with Gasteiger partial charge in [-0.2, -0.15) is 5.10 Å². The number of aliphatic hydroxyl groups is 1. The highest BCUT2D eigenvalue weighted by molar-refractivity contribution is 5.57. The van der Waals surface area contributed by atoms with E-state index in [4.69, 9.17) is 5.11 Å². The van der Waals surface area contributed by atoms with Crippen molar-refractivity contribution in [2.75, 3.05) is 24.6 Å². The molecule has 2 aromatic rings. The molecular formula is C19H29N5O. The lowest BCUT2D eigenvalue weighted by molar-refractivity contribution is 0.261. The van der Waals surface area contributed by atoms with E-state index in [2.05, 4.69) is 45.0 Å². The molecule has 3 heterocycles. The van der Waals surface area contributed by atoms with Gasteiger partial charge in [0, 0.05) is 43.3 Å². The molecule has 0 spiro atoms. The van der Waals surface area contributed by atoms with Gasteiger partial charge in [0.05, 0.1) is 5.69 Å². The van der Waals surface area contributed by atoms with Crippen molar-refractivity contribution in [1.29, 1.82) is 0 Å². The minimum absolute atomic E-state index is 0.302. The molecule has 0 unspecified atom stereocenters. The zero-order chi connectivity index (χ0) is 17.6. The molecule has 2 aromatic heterocycles. The molecule has 0 atom stereocenters. The highest BCUT2D eigenvalue weighted by Crippen LogP contribution is 2.25. The van der Waals surface area contributed by atoms with Gasteiger partial charge in [0.15, 0.2) is 0 Å². The Kier molecular flexibility index (Phi) is 6.02. The van der Waals surface area contributed by atoms with Gasteiger partial charge in [0.2, 0.25) is 5.95 Å². The number of piperidine rings is 1. The van der Waals surface area contributed by atoms with Crippen LogP contribution in [0, 0.1) is 11.8 Å². The smallest absolute Gasteiger partial charge is 0.225 e. The molecule has 6 heteroatoms. The fourth-order valence-electron chi connectivity index (χ4n) is 3.47. The second-order valence-electron chi connectivity index (χ2n) is 7.44. The molecule has 1 saturated heterocycles. The highest BCUT2D eigenvalue weighted by Gasteiger charge is 2.20.